The van der Waals surface area contributed by atoms with Crippen LogP contribution in [0.15, 0.2) is 18.2 Å². The van der Waals surface area contributed by atoms with E-state index in [9.17, 15) is 9.59 Å². The molecule has 0 bridgehead atoms. The fourth-order valence-electron chi connectivity index (χ4n) is 3.98. The lowest BCUT2D eigenvalue weighted by Gasteiger charge is -2.37. The van der Waals surface area contributed by atoms with Crippen molar-refractivity contribution in [2.24, 2.45) is 5.92 Å². The Labute approximate surface area is 168 Å². The van der Waals surface area contributed by atoms with Gasteiger partial charge in [0.25, 0.3) is 0 Å². The number of carbonyl (C=O) groups is 2. The summed E-state index contributed by atoms with van der Waals surface area (Å²) in [6.07, 6.45) is 4.08. The molecule has 1 aliphatic carbocycles. The number of benzene rings is 1. The van der Waals surface area contributed by atoms with Gasteiger partial charge in [-0.3, -0.25) is 4.79 Å². The van der Waals surface area contributed by atoms with Crippen LogP contribution in [0, 0.1) is 12.8 Å². The van der Waals surface area contributed by atoms with Gasteiger partial charge in [-0.05, 0) is 64.3 Å². The molecule has 2 aliphatic rings. The maximum absolute atomic E-state index is 12.3. The first-order valence-electron chi connectivity index (χ1n) is 10.4. The molecule has 6 nitrogen and oxygen atoms in total. The Morgan fingerprint density at radius 2 is 1.71 bits per heavy atom. The van der Waals surface area contributed by atoms with Crippen molar-refractivity contribution >= 4 is 23.4 Å². The maximum atomic E-state index is 12.3. The minimum absolute atomic E-state index is 0.149. The quantitative estimate of drug-likeness (QED) is 0.845. The van der Waals surface area contributed by atoms with Gasteiger partial charge < -0.3 is 19.9 Å². The molecule has 1 saturated heterocycles. The van der Waals surface area contributed by atoms with E-state index in [-0.39, 0.29) is 17.9 Å². The summed E-state index contributed by atoms with van der Waals surface area (Å²) in [4.78, 5) is 28.6. The summed E-state index contributed by atoms with van der Waals surface area (Å²) in [6, 6.07) is 6.10. The van der Waals surface area contributed by atoms with Gasteiger partial charge in [-0.15, -0.1) is 0 Å². The van der Waals surface area contributed by atoms with Gasteiger partial charge in [0.15, 0.2) is 0 Å². The molecule has 1 aliphatic heterocycles. The molecular weight excluding hydrogens is 354 g/mol. The molecule has 1 aromatic rings. The lowest BCUT2D eigenvalue weighted by molar-refractivity contribution is -0.119. The molecular formula is C22H33N3O3. The van der Waals surface area contributed by atoms with E-state index in [1.54, 1.807) is 4.90 Å². The third-order valence-corrected chi connectivity index (χ3v) is 5.46. The van der Waals surface area contributed by atoms with Crippen LogP contribution in [0.1, 0.15) is 52.0 Å². The fraction of sp³-hybridized carbons (Fsp3) is 0.636. The number of anilines is 2. The minimum atomic E-state index is -0.469. The largest absolute Gasteiger partial charge is 0.444 e. The highest BCUT2D eigenvalue weighted by Gasteiger charge is 2.27. The van der Waals surface area contributed by atoms with Crippen LogP contribution in [0.2, 0.25) is 0 Å². The third-order valence-electron chi connectivity index (χ3n) is 5.46. The Kier molecular flexibility index (Phi) is 6.16. The van der Waals surface area contributed by atoms with Crippen molar-refractivity contribution < 1.29 is 14.3 Å². The highest BCUT2D eigenvalue weighted by molar-refractivity contribution is 5.93. The summed E-state index contributed by atoms with van der Waals surface area (Å²) in [7, 11) is 0. The van der Waals surface area contributed by atoms with E-state index >= 15 is 0 Å². The van der Waals surface area contributed by atoms with E-state index in [4.69, 9.17) is 4.74 Å². The Bertz CT molecular complexity index is 712. The van der Waals surface area contributed by atoms with E-state index < -0.39 is 5.60 Å². The molecule has 0 atom stereocenters. The van der Waals surface area contributed by atoms with Gasteiger partial charge in [0.05, 0.1) is 0 Å². The average Bonchev–Trinajstić information content (AvgIpc) is 3.15. The number of ether oxygens (including phenoxy) is 1. The zero-order chi connectivity index (χ0) is 20.3. The highest BCUT2D eigenvalue weighted by Crippen LogP contribution is 2.28. The minimum Gasteiger partial charge on any atom is -0.444 e. The molecule has 6 heteroatoms. The molecule has 0 unspecified atom stereocenters. The Morgan fingerprint density at radius 3 is 2.29 bits per heavy atom. The zero-order valence-corrected chi connectivity index (χ0v) is 17.6. The molecule has 1 N–H and O–H groups in total. The lowest BCUT2D eigenvalue weighted by atomic mass is 10.1. The molecule has 2 amide bonds. The molecule has 28 heavy (non-hydrogen) atoms. The van der Waals surface area contributed by atoms with Gasteiger partial charge in [-0.2, -0.15) is 0 Å². The van der Waals surface area contributed by atoms with Gasteiger partial charge in [-0.25, -0.2) is 4.79 Å². The second-order valence-corrected chi connectivity index (χ2v) is 8.93. The van der Waals surface area contributed by atoms with E-state index in [2.05, 4.69) is 23.2 Å². The Morgan fingerprint density at radius 1 is 1.07 bits per heavy atom. The normalized spacial score (nSPS) is 18.3. The van der Waals surface area contributed by atoms with Gasteiger partial charge in [0, 0.05) is 43.5 Å². The van der Waals surface area contributed by atoms with Gasteiger partial charge in [-0.1, -0.05) is 12.8 Å². The number of carbonyl (C=O) groups excluding carboxylic acids is 2. The number of rotatable bonds is 3. The first kappa shape index (κ1) is 20.5. The number of nitrogens with one attached hydrogen (secondary N) is 1. The van der Waals surface area contributed by atoms with Crippen LogP contribution in [-0.2, 0) is 9.53 Å². The van der Waals surface area contributed by atoms with Crippen LogP contribution in [0.5, 0.6) is 0 Å². The number of hydrogen-bond acceptors (Lipinski definition) is 4. The predicted molar refractivity (Wildman–Crippen MR) is 112 cm³/mol. The van der Waals surface area contributed by atoms with Gasteiger partial charge in [0.2, 0.25) is 5.91 Å². The van der Waals surface area contributed by atoms with Gasteiger partial charge in [0.1, 0.15) is 5.60 Å². The maximum Gasteiger partial charge on any atom is 0.410 e. The predicted octanol–water partition coefficient (Wildman–Crippen LogP) is 4.18. The summed E-state index contributed by atoms with van der Waals surface area (Å²) in [6.45, 7) is 10.6. The van der Waals surface area contributed by atoms with Crippen LogP contribution in [0.4, 0.5) is 16.2 Å². The number of hydrogen-bond donors (Lipinski definition) is 1. The standard InChI is InChI=1S/C22H33N3O3/c1-16-15-18(23-20(26)17-7-5-6-8-17)9-10-19(16)24-11-13-25(14-12-24)21(27)28-22(2,3)4/h9-10,15,17H,5-8,11-14H2,1-4H3,(H,23,26). The van der Waals surface area contributed by atoms with Crippen molar-refractivity contribution in [2.45, 2.75) is 59.0 Å². The molecule has 154 valence electrons. The summed E-state index contributed by atoms with van der Waals surface area (Å²) in [5.74, 6) is 0.316. The van der Waals surface area contributed by atoms with E-state index in [1.165, 1.54) is 0 Å². The van der Waals surface area contributed by atoms with Crippen molar-refractivity contribution in [1.29, 1.82) is 0 Å². The van der Waals surface area contributed by atoms with E-state index in [0.717, 1.165) is 55.7 Å². The number of piperazine rings is 1. The number of aryl methyl sites for hydroxylation is 1. The molecule has 1 aromatic carbocycles. The Hall–Kier alpha value is -2.24. The van der Waals surface area contributed by atoms with Crippen LogP contribution in [0.3, 0.4) is 0 Å². The molecule has 0 aromatic heterocycles. The van der Waals surface area contributed by atoms with Crippen LogP contribution < -0.4 is 10.2 Å². The summed E-state index contributed by atoms with van der Waals surface area (Å²) >= 11 is 0. The summed E-state index contributed by atoms with van der Waals surface area (Å²) in [5, 5.41) is 3.07. The second kappa shape index (κ2) is 8.41. The highest BCUT2D eigenvalue weighted by atomic mass is 16.6. The lowest BCUT2D eigenvalue weighted by Crippen LogP contribution is -2.50. The molecule has 1 heterocycles. The number of amides is 2. The second-order valence-electron chi connectivity index (χ2n) is 8.93. The average molecular weight is 388 g/mol. The monoisotopic (exact) mass is 387 g/mol. The van der Waals surface area contributed by atoms with Crippen molar-refractivity contribution in [2.75, 3.05) is 36.4 Å². The van der Waals surface area contributed by atoms with Crippen molar-refractivity contribution in [3.63, 3.8) is 0 Å². The fourth-order valence-corrected chi connectivity index (χ4v) is 3.98. The van der Waals surface area contributed by atoms with Crippen molar-refractivity contribution in [3.8, 4) is 0 Å². The van der Waals surface area contributed by atoms with Crippen molar-refractivity contribution in [3.05, 3.63) is 23.8 Å². The van der Waals surface area contributed by atoms with Crippen LogP contribution in [-0.4, -0.2) is 48.7 Å². The van der Waals surface area contributed by atoms with Crippen LogP contribution >= 0.6 is 0 Å². The smallest absolute Gasteiger partial charge is 0.410 e. The summed E-state index contributed by atoms with van der Waals surface area (Å²) < 4.78 is 5.46. The van der Waals surface area contributed by atoms with E-state index in [1.807, 2.05) is 32.9 Å². The molecule has 0 radical (unpaired) electrons. The van der Waals surface area contributed by atoms with E-state index in [0.29, 0.717) is 13.1 Å². The molecule has 2 fully saturated rings. The molecule has 1 saturated carbocycles. The Balaban J connectivity index is 1.56. The molecule has 3 rings (SSSR count). The van der Waals surface area contributed by atoms with Crippen molar-refractivity contribution in [1.82, 2.24) is 4.90 Å². The first-order chi connectivity index (χ1) is 13.2. The third kappa shape index (κ3) is 5.18. The van der Waals surface area contributed by atoms with Gasteiger partial charge >= 0.3 is 6.09 Å². The SMILES string of the molecule is Cc1cc(NC(=O)C2CCCC2)ccc1N1CCN(C(=O)OC(C)(C)C)CC1. The molecule has 0 spiro atoms. The summed E-state index contributed by atoms with van der Waals surface area (Å²) in [5.41, 5.74) is 2.69. The zero-order valence-electron chi connectivity index (χ0n) is 17.6. The topological polar surface area (TPSA) is 61.9 Å². The van der Waals surface area contributed by atoms with Crippen LogP contribution in [0.25, 0.3) is 0 Å². The first-order valence-corrected chi connectivity index (χ1v) is 10.4. The number of nitrogens with zero attached hydrogens (tertiary/aromatic N) is 2.